The molecule has 1 unspecified atom stereocenters. The minimum Gasteiger partial charge on any atom is -0.334 e. The van der Waals surface area contributed by atoms with Gasteiger partial charge in [0.05, 0.1) is 15.6 Å². The van der Waals surface area contributed by atoms with Crippen molar-refractivity contribution in [2.24, 2.45) is 5.73 Å². The molecule has 1 heterocycles. The van der Waals surface area contributed by atoms with Gasteiger partial charge in [0, 0.05) is 0 Å². The van der Waals surface area contributed by atoms with Crippen molar-refractivity contribution in [2.75, 3.05) is 0 Å². The van der Waals surface area contributed by atoms with Gasteiger partial charge in [-0.1, -0.05) is 18.1 Å². The summed E-state index contributed by atoms with van der Waals surface area (Å²) in [5.74, 6) is 0.288. The van der Waals surface area contributed by atoms with Gasteiger partial charge >= 0.3 is 0 Å². The van der Waals surface area contributed by atoms with Crippen molar-refractivity contribution < 1.29 is 8.91 Å². The van der Waals surface area contributed by atoms with E-state index in [-0.39, 0.29) is 11.7 Å². The first-order valence-electron chi connectivity index (χ1n) is 5.53. The Hall–Kier alpha value is -1.27. The summed E-state index contributed by atoms with van der Waals surface area (Å²) in [6.45, 7) is 3.76. The lowest BCUT2D eigenvalue weighted by molar-refractivity contribution is 0.378. The summed E-state index contributed by atoms with van der Waals surface area (Å²) >= 11 is 3.16. The Morgan fingerprint density at radius 1 is 1.50 bits per heavy atom. The number of aromatic nitrogens is 2. The van der Waals surface area contributed by atoms with Gasteiger partial charge in [0.15, 0.2) is 5.82 Å². The standard InChI is InChI=1S/C12H13BrFN3O/c1-3-12(2,15)11-16-10(18-17-11)7-5-4-6-8(14)9(7)13/h4-6H,3,15H2,1-2H3. The van der Waals surface area contributed by atoms with E-state index in [1.165, 1.54) is 6.07 Å². The molecule has 1 atom stereocenters. The number of benzene rings is 1. The van der Waals surface area contributed by atoms with Crippen LogP contribution in [0, 0.1) is 5.82 Å². The smallest absolute Gasteiger partial charge is 0.259 e. The second-order valence-electron chi connectivity index (χ2n) is 4.30. The summed E-state index contributed by atoms with van der Waals surface area (Å²) in [6.07, 6.45) is 0.677. The Morgan fingerprint density at radius 3 is 2.89 bits per heavy atom. The normalized spacial score (nSPS) is 14.5. The van der Waals surface area contributed by atoms with Crippen molar-refractivity contribution in [3.63, 3.8) is 0 Å². The van der Waals surface area contributed by atoms with Crippen LogP contribution in [-0.4, -0.2) is 10.1 Å². The molecule has 0 spiro atoms. The van der Waals surface area contributed by atoms with E-state index in [4.69, 9.17) is 10.3 Å². The lowest BCUT2D eigenvalue weighted by Crippen LogP contribution is -2.33. The van der Waals surface area contributed by atoms with Crippen LogP contribution in [-0.2, 0) is 5.54 Å². The number of rotatable bonds is 3. The second kappa shape index (κ2) is 4.78. The molecule has 2 N–H and O–H groups in total. The maximum absolute atomic E-state index is 13.4. The fraction of sp³-hybridized carbons (Fsp3) is 0.333. The van der Waals surface area contributed by atoms with Crippen molar-refractivity contribution >= 4 is 15.9 Å². The number of nitrogens with two attached hydrogens (primary N) is 1. The molecule has 0 aliphatic carbocycles. The first kappa shape index (κ1) is 13.2. The van der Waals surface area contributed by atoms with E-state index < -0.39 is 5.54 Å². The maximum Gasteiger partial charge on any atom is 0.259 e. The minimum atomic E-state index is -0.651. The molecule has 0 saturated carbocycles. The Morgan fingerprint density at radius 2 is 2.22 bits per heavy atom. The summed E-state index contributed by atoms with van der Waals surface area (Å²) in [5.41, 5.74) is 5.89. The van der Waals surface area contributed by atoms with E-state index in [0.717, 1.165) is 0 Å². The highest BCUT2D eigenvalue weighted by Gasteiger charge is 2.26. The van der Waals surface area contributed by atoms with Gasteiger partial charge in [-0.2, -0.15) is 4.98 Å². The predicted octanol–water partition coefficient (Wildman–Crippen LogP) is 3.22. The Kier molecular flexibility index (Phi) is 3.49. The monoisotopic (exact) mass is 313 g/mol. The van der Waals surface area contributed by atoms with E-state index in [9.17, 15) is 4.39 Å². The van der Waals surface area contributed by atoms with Crippen LogP contribution in [0.5, 0.6) is 0 Å². The van der Waals surface area contributed by atoms with Crippen LogP contribution in [0.25, 0.3) is 11.5 Å². The van der Waals surface area contributed by atoms with Crippen LogP contribution in [0.2, 0.25) is 0 Å². The lowest BCUT2D eigenvalue weighted by atomic mass is 10.00. The number of halogens is 2. The zero-order chi connectivity index (χ0) is 13.3. The van der Waals surface area contributed by atoms with Crippen molar-refractivity contribution in [3.8, 4) is 11.5 Å². The summed E-state index contributed by atoms with van der Waals surface area (Å²) in [4.78, 5) is 4.23. The molecule has 0 aliphatic heterocycles. The molecular formula is C12H13BrFN3O. The summed E-state index contributed by atoms with van der Waals surface area (Å²) in [6, 6.07) is 4.63. The summed E-state index contributed by atoms with van der Waals surface area (Å²) < 4.78 is 18.8. The Labute approximate surface area is 113 Å². The van der Waals surface area contributed by atoms with Crippen molar-refractivity contribution in [1.29, 1.82) is 0 Å². The maximum atomic E-state index is 13.4. The van der Waals surface area contributed by atoms with Gasteiger partial charge in [-0.3, -0.25) is 0 Å². The molecule has 96 valence electrons. The lowest BCUT2D eigenvalue weighted by Gasteiger charge is -2.16. The Balaban J connectivity index is 2.45. The molecule has 1 aromatic heterocycles. The molecule has 1 aromatic carbocycles. The molecule has 0 radical (unpaired) electrons. The second-order valence-corrected chi connectivity index (χ2v) is 5.09. The van der Waals surface area contributed by atoms with Crippen LogP contribution in [0.3, 0.4) is 0 Å². The third kappa shape index (κ3) is 2.30. The van der Waals surface area contributed by atoms with E-state index in [2.05, 4.69) is 26.1 Å². The first-order chi connectivity index (χ1) is 8.45. The predicted molar refractivity (Wildman–Crippen MR) is 69.2 cm³/mol. The zero-order valence-corrected chi connectivity index (χ0v) is 11.7. The van der Waals surface area contributed by atoms with E-state index >= 15 is 0 Å². The molecule has 2 rings (SSSR count). The van der Waals surface area contributed by atoms with Crippen molar-refractivity contribution in [2.45, 2.75) is 25.8 Å². The van der Waals surface area contributed by atoms with Crippen LogP contribution in [0.15, 0.2) is 27.2 Å². The highest BCUT2D eigenvalue weighted by Crippen LogP contribution is 2.30. The highest BCUT2D eigenvalue weighted by atomic mass is 79.9. The van der Waals surface area contributed by atoms with E-state index in [0.29, 0.717) is 22.3 Å². The molecule has 2 aromatic rings. The molecule has 0 aliphatic rings. The number of nitrogens with zero attached hydrogens (tertiary/aromatic N) is 2. The molecule has 0 saturated heterocycles. The molecule has 0 amide bonds. The number of hydrogen-bond donors (Lipinski definition) is 1. The average Bonchev–Trinajstić information content (AvgIpc) is 2.82. The molecule has 0 fully saturated rings. The topological polar surface area (TPSA) is 64.9 Å². The van der Waals surface area contributed by atoms with Gasteiger partial charge in [0.1, 0.15) is 5.82 Å². The third-order valence-corrected chi connectivity index (χ3v) is 3.66. The van der Waals surface area contributed by atoms with Crippen LogP contribution in [0.1, 0.15) is 26.1 Å². The molecule has 18 heavy (non-hydrogen) atoms. The number of hydrogen-bond acceptors (Lipinski definition) is 4. The molecule has 6 heteroatoms. The summed E-state index contributed by atoms with van der Waals surface area (Å²) in [7, 11) is 0. The average molecular weight is 314 g/mol. The van der Waals surface area contributed by atoms with Gasteiger partial charge in [-0.05, 0) is 41.4 Å². The first-order valence-corrected chi connectivity index (χ1v) is 6.32. The molecular weight excluding hydrogens is 301 g/mol. The Bertz CT molecular complexity index is 568. The fourth-order valence-corrected chi connectivity index (χ4v) is 1.83. The van der Waals surface area contributed by atoms with Crippen molar-refractivity contribution in [3.05, 3.63) is 34.3 Å². The van der Waals surface area contributed by atoms with Crippen LogP contribution >= 0.6 is 15.9 Å². The van der Waals surface area contributed by atoms with Gasteiger partial charge in [0.2, 0.25) is 0 Å². The van der Waals surface area contributed by atoms with Crippen LogP contribution < -0.4 is 5.73 Å². The largest absolute Gasteiger partial charge is 0.334 e. The van der Waals surface area contributed by atoms with E-state index in [1.807, 2.05) is 13.8 Å². The minimum absolute atomic E-state index is 0.251. The van der Waals surface area contributed by atoms with Gasteiger partial charge < -0.3 is 10.3 Å². The summed E-state index contributed by atoms with van der Waals surface area (Å²) in [5, 5.41) is 3.85. The molecule has 4 nitrogen and oxygen atoms in total. The van der Waals surface area contributed by atoms with Gasteiger partial charge in [-0.25, -0.2) is 4.39 Å². The quantitative estimate of drug-likeness (QED) is 0.944. The van der Waals surface area contributed by atoms with Gasteiger partial charge in [0.25, 0.3) is 5.89 Å². The third-order valence-electron chi connectivity index (χ3n) is 2.85. The molecule has 0 bridgehead atoms. The highest BCUT2D eigenvalue weighted by molar-refractivity contribution is 9.10. The van der Waals surface area contributed by atoms with E-state index in [1.54, 1.807) is 12.1 Å². The van der Waals surface area contributed by atoms with Gasteiger partial charge in [-0.15, -0.1) is 0 Å². The van der Waals surface area contributed by atoms with Crippen LogP contribution in [0.4, 0.5) is 4.39 Å². The van der Waals surface area contributed by atoms with Crippen molar-refractivity contribution in [1.82, 2.24) is 10.1 Å². The fourth-order valence-electron chi connectivity index (χ4n) is 1.39. The SMILES string of the molecule is CCC(C)(N)c1noc(-c2cccc(F)c2Br)n1. The zero-order valence-electron chi connectivity index (χ0n) is 10.1.